The molecular formula is C12H14FN3O2S. The summed E-state index contributed by atoms with van der Waals surface area (Å²) >= 11 is 0. The van der Waals surface area contributed by atoms with E-state index in [1.807, 2.05) is 0 Å². The van der Waals surface area contributed by atoms with Gasteiger partial charge in [0.2, 0.25) is 10.0 Å². The molecule has 1 heterocycles. The summed E-state index contributed by atoms with van der Waals surface area (Å²) in [5.41, 5.74) is 1.24. The van der Waals surface area contributed by atoms with Crippen LogP contribution < -0.4 is 4.72 Å². The van der Waals surface area contributed by atoms with Gasteiger partial charge in [0.25, 0.3) is 0 Å². The van der Waals surface area contributed by atoms with Crippen LogP contribution in [0.1, 0.15) is 11.3 Å². The van der Waals surface area contributed by atoms with Crippen LogP contribution in [0.4, 0.5) is 4.39 Å². The van der Waals surface area contributed by atoms with Crippen molar-refractivity contribution < 1.29 is 12.8 Å². The normalized spacial score (nSPS) is 11.7. The first-order valence-corrected chi connectivity index (χ1v) is 7.20. The number of hydrogen-bond acceptors (Lipinski definition) is 3. The molecule has 0 bridgehead atoms. The number of sulfonamides is 1. The van der Waals surface area contributed by atoms with Crippen molar-refractivity contribution in [3.63, 3.8) is 0 Å². The van der Waals surface area contributed by atoms with Gasteiger partial charge in [-0.1, -0.05) is 6.07 Å². The Hall–Kier alpha value is -1.73. The molecule has 0 saturated heterocycles. The number of H-pyrrole nitrogens is 1. The van der Waals surface area contributed by atoms with Gasteiger partial charge >= 0.3 is 0 Å². The number of aromatic nitrogens is 2. The van der Waals surface area contributed by atoms with Gasteiger partial charge in [0, 0.05) is 24.9 Å². The minimum absolute atomic E-state index is 0.0692. The highest BCUT2D eigenvalue weighted by molar-refractivity contribution is 7.89. The number of aryl methyl sites for hydroxylation is 1. The van der Waals surface area contributed by atoms with E-state index < -0.39 is 15.8 Å². The molecule has 0 radical (unpaired) electrons. The van der Waals surface area contributed by atoms with Crippen molar-refractivity contribution in [2.45, 2.75) is 18.2 Å². The van der Waals surface area contributed by atoms with E-state index in [9.17, 15) is 12.8 Å². The molecule has 19 heavy (non-hydrogen) atoms. The Morgan fingerprint density at radius 1 is 1.42 bits per heavy atom. The van der Waals surface area contributed by atoms with E-state index in [2.05, 4.69) is 14.7 Å². The highest BCUT2D eigenvalue weighted by atomic mass is 32.2. The summed E-state index contributed by atoms with van der Waals surface area (Å²) in [7, 11) is -3.68. The average Bonchev–Trinajstić information content (AvgIpc) is 2.85. The topological polar surface area (TPSA) is 74.8 Å². The van der Waals surface area contributed by atoms with Crippen LogP contribution in [0.15, 0.2) is 35.6 Å². The van der Waals surface area contributed by atoms with Gasteiger partial charge in [-0.15, -0.1) is 0 Å². The third-order valence-corrected chi connectivity index (χ3v) is 4.15. The minimum atomic E-state index is -3.68. The first-order valence-electron chi connectivity index (χ1n) is 5.72. The number of nitrogens with one attached hydrogen (secondary N) is 2. The molecule has 2 aromatic rings. The molecule has 0 atom stereocenters. The fraction of sp³-hybridized carbons (Fsp3) is 0.250. The smallest absolute Gasteiger partial charge is 0.240 e. The Labute approximate surface area is 110 Å². The van der Waals surface area contributed by atoms with Crippen molar-refractivity contribution in [2.75, 3.05) is 6.54 Å². The third-order valence-electron chi connectivity index (χ3n) is 2.69. The number of imidazole rings is 1. The molecule has 1 aromatic carbocycles. The van der Waals surface area contributed by atoms with Crippen LogP contribution in [0.25, 0.3) is 0 Å². The number of halogens is 1. The maximum absolute atomic E-state index is 13.3. The SMILES string of the molecule is Cc1ccc(S(=O)(=O)NCCc2cnc[nH]2)cc1F. The monoisotopic (exact) mass is 283 g/mol. The zero-order valence-electron chi connectivity index (χ0n) is 10.4. The summed E-state index contributed by atoms with van der Waals surface area (Å²) in [5, 5.41) is 0. The van der Waals surface area contributed by atoms with Gasteiger partial charge in [-0.05, 0) is 24.6 Å². The molecule has 0 saturated carbocycles. The van der Waals surface area contributed by atoms with Crippen LogP contribution in [0, 0.1) is 12.7 Å². The van der Waals surface area contributed by atoms with E-state index >= 15 is 0 Å². The Kier molecular flexibility index (Phi) is 3.96. The lowest BCUT2D eigenvalue weighted by atomic mass is 10.2. The standard InChI is InChI=1S/C12H14FN3O2S/c1-9-2-3-11(6-12(9)13)19(17,18)16-5-4-10-7-14-8-15-10/h2-3,6-8,16H,4-5H2,1H3,(H,14,15). The van der Waals surface area contributed by atoms with Crippen LogP contribution >= 0.6 is 0 Å². The van der Waals surface area contributed by atoms with Crippen LogP contribution in [0.5, 0.6) is 0 Å². The van der Waals surface area contributed by atoms with Crippen LogP contribution in [-0.4, -0.2) is 24.9 Å². The van der Waals surface area contributed by atoms with Crippen molar-refractivity contribution >= 4 is 10.0 Å². The van der Waals surface area contributed by atoms with Crippen molar-refractivity contribution in [3.8, 4) is 0 Å². The van der Waals surface area contributed by atoms with Gasteiger partial charge in [0.05, 0.1) is 11.2 Å². The van der Waals surface area contributed by atoms with Gasteiger partial charge in [-0.3, -0.25) is 0 Å². The molecule has 0 spiro atoms. The van der Waals surface area contributed by atoms with Crippen molar-refractivity contribution in [1.29, 1.82) is 0 Å². The molecule has 0 unspecified atom stereocenters. The van der Waals surface area contributed by atoms with Crippen molar-refractivity contribution in [2.24, 2.45) is 0 Å². The van der Waals surface area contributed by atoms with Crippen molar-refractivity contribution in [3.05, 3.63) is 47.8 Å². The van der Waals surface area contributed by atoms with Gasteiger partial charge in [0.15, 0.2) is 0 Å². The lowest BCUT2D eigenvalue weighted by Gasteiger charge is -2.07. The molecule has 0 aliphatic rings. The maximum Gasteiger partial charge on any atom is 0.240 e. The van der Waals surface area contributed by atoms with Gasteiger partial charge in [-0.2, -0.15) is 0 Å². The van der Waals surface area contributed by atoms with E-state index in [-0.39, 0.29) is 11.4 Å². The summed E-state index contributed by atoms with van der Waals surface area (Å²) < 4.78 is 39.6. The van der Waals surface area contributed by atoms with Gasteiger partial charge < -0.3 is 4.98 Å². The summed E-state index contributed by atoms with van der Waals surface area (Å²) in [4.78, 5) is 6.64. The van der Waals surface area contributed by atoms with Crippen LogP contribution in [-0.2, 0) is 16.4 Å². The van der Waals surface area contributed by atoms with E-state index in [1.54, 1.807) is 13.1 Å². The molecule has 2 N–H and O–H groups in total. The average molecular weight is 283 g/mol. The number of nitrogens with zero attached hydrogens (tertiary/aromatic N) is 1. The fourth-order valence-electron chi connectivity index (χ4n) is 1.57. The Balaban J connectivity index is 2.03. The lowest BCUT2D eigenvalue weighted by Crippen LogP contribution is -2.26. The molecule has 5 nitrogen and oxygen atoms in total. The van der Waals surface area contributed by atoms with E-state index in [4.69, 9.17) is 0 Å². The molecule has 0 aliphatic heterocycles. The Bertz CT molecular complexity index is 654. The van der Waals surface area contributed by atoms with Gasteiger partial charge in [0.1, 0.15) is 5.82 Å². The maximum atomic E-state index is 13.3. The fourth-order valence-corrected chi connectivity index (χ4v) is 2.61. The largest absolute Gasteiger partial charge is 0.348 e. The Morgan fingerprint density at radius 2 is 2.21 bits per heavy atom. The number of rotatable bonds is 5. The van der Waals surface area contributed by atoms with Gasteiger partial charge in [-0.25, -0.2) is 22.5 Å². The van der Waals surface area contributed by atoms with E-state index in [0.717, 1.165) is 11.8 Å². The van der Waals surface area contributed by atoms with Crippen molar-refractivity contribution in [1.82, 2.24) is 14.7 Å². The summed E-state index contributed by atoms with van der Waals surface area (Å²) in [6, 6.07) is 3.85. The van der Waals surface area contributed by atoms with E-state index in [0.29, 0.717) is 12.0 Å². The molecule has 102 valence electrons. The zero-order valence-corrected chi connectivity index (χ0v) is 11.2. The molecule has 0 amide bonds. The van der Waals surface area contributed by atoms with E-state index in [1.165, 1.54) is 18.5 Å². The highest BCUT2D eigenvalue weighted by Crippen LogP contribution is 2.13. The summed E-state index contributed by atoms with van der Waals surface area (Å²) in [6.07, 6.45) is 3.65. The highest BCUT2D eigenvalue weighted by Gasteiger charge is 2.14. The predicted octanol–water partition coefficient (Wildman–Crippen LogP) is 1.38. The summed E-state index contributed by atoms with van der Waals surface area (Å²) in [6.45, 7) is 1.80. The third kappa shape index (κ3) is 3.39. The lowest BCUT2D eigenvalue weighted by molar-refractivity contribution is 0.576. The molecule has 1 aromatic heterocycles. The first kappa shape index (κ1) is 13.7. The quantitative estimate of drug-likeness (QED) is 0.870. The summed E-state index contributed by atoms with van der Waals surface area (Å²) in [5.74, 6) is -0.531. The number of benzene rings is 1. The first-order chi connectivity index (χ1) is 8.99. The van der Waals surface area contributed by atoms with Crippen LogP contribution in [0.2, 0.25) is 0 Å². The predicted molar refractivity (Wildman–Crippen MR) is 68.6 cm³/mol. The number of hydrogen-bond donors (Lipinski definition) is 2. The van der Waals surface area contributed by atoms with Crippen LogP contribution in [0.3, 0.4) is 0 Å². The second-order valence-electron chi connectivity index (χ2n) is 4.14. The minimum Gasteiger partial charge on any atom is -0.348 e. The molecule has 2 rings (SSSR count). The second kappa shape index (κ2) is 5.50. The zero-order chi connectivity index (χ0) is 13.9. The molecule has 7 heteroatoms. The Morgan fingerprint density at radius 3 is 2.84 bits per heavy atom. The number of aromatic amines is 1. The second-order valence-corrected chi connectivity index (χ2v) is 5.90. The molecule has 0 fully saturated rings. The molecule has 0 aliphatic carbocycles. The molecular weight excluding hydrogens is 269 g/mol.